The van der Waals surface area contributed by atoms with Gasteiger partial charge in [0, 0.05) is 0 Å². The monoisotopic (exact) mass is 466 g/mol. The minimum atomic E-state index is -7.78. The van der Waals surface area contributed by atoms with Crippen molar-refractivity contribution in [3.05, 3.63) is 11.3 Å². The lowest BCUT2D eigenvalue weighted by Crippen LogP contribution is -2.55. The highest BCUT2D eigenvalue weighted by molar-refractivity contribution is 5.27. The SMILES string of the molecule is FC(F)(F)C(=C(OC(F)(F)C(F)(F)C(F)(F)F)C(F)(F)C(F)(F)F)C(F)(F)F. The van der Waals surface area contributed by atoms with Crippen LogP contribution in [0.1, 0.15) is 0 Å². The first-order chi connectivity index (χ1) is 11.7. The molecule has 0 atom stereocenters. The zero-order valence-corrected chi connectivity index (χ0v) is 11.7. The fourth-order valence-corrected chi connectivity index (χ4v) is 1.18. The number of alkyl halides is 18. The lowest BCUT2D eigenvalue weighted by molar-refractivity contribution is -0.424. The van der Waals surface area contributed by atoms with E-state index in [2.05, 4.69) is 0 Å². The van der Waals surface area contributed by atoms with Crippen LogP contribution in [0.2, 0.25) is 0 Å². The van der Waals surface area contributed by atoms with Gasteiger partial charge in [0.1, 0.15) is 0 Å². The van der Waals surface area contributed by atoms with Crippen LogP contribution in [-0.4, -0.2) is 42.7 Å². The predicted molar refractivity (Wildman–Crippen MR) is 47.2 cm³/mol. The molecule has 0 unspecified atom stereocenters. The largest absolute Gasteiger partial charge is 0.474 e. The number of ether oxygens (including phenoxy) is 1. The molecule has 28 heavy (non-hydrogen) atoms. The standard InChI is InChI=1S/C9F18O/c10-3(11,7(20,21)22)2(1(4(12,13)14)5(15,16)17)28-9(26,27)6(18,19)8(23,24)25. The summed E-state index contributed by atoms with van der Waals surface area (Å²) in [5.74, 6) is -20.8. The van der Waals surface area contributed by atoms with E-state index in [0.29, 0.717) is 0 Å². The lowest BCUT2D eigenvalue weighted by Gasteiger charge is -2.33. The van der Waals surface area contributed by atoms with Crippen LogP contribution in [0.3, 0.4) is 0 Å². The molecule has 0 N–H and O–H groups in total. The zero-order valence-electron chi connectivity index (χ0n) is 11.7. The average molecular weight is 466 g/mol. The molecule has 0 spiro atoms. The molecule has 0 fully saturated rings. The Bertz CT molecular complexity index is 579. The van der Waals surface area contributed by atoms with Gasteiger partial charge in [0.2, 0.25) is 0 Å². The molecule has 0 rings (SSSR count). The van der Waals surface area contributed by atoms with E-state index < -0.39 is 54.0 Å². The van der Waals surface area contributed by atoms with Crippen molar-refractivity contribution in [3.8, 4) is 0 Å². The van der Waals surface area contributed by atoms with Gasteiger partial charge in [0.15, 0.2) is 11.3 Å². The van der Waals surface area contributed by atoms with Crippen molar-refractivity contribution in [3.63, 3.8) is 0 Å². The first-order valence-corrected chi connectivity index (χ1v) is 5.56. The van der Waals surface area contributed by atoms with Crippen LogP contribution in [-0.2, 0) is 4.74 Å². The van der Waals surface area contributed by atoms with Gasteiger partial charge < -0.3 is 4.74 Å². The van der Waals surface area contributed by atoms with Crippen molar-refractivity contribution >= 4 is 0 Å². The van der Waals surface area contributed by atoms with E-state index in [0.717, 1.165) is 0 Å². The maximum Gasteiger partial charge on any atom is 0.474 e. The predicted octanol–water partition coefficient (Wildman–Crippen LogP) is 6.37. The Labute approximate surface area is 139 Å². The first-order valence-electron chi connectivity index (χ1n) is 5.56. The normalized spacial score (nSPS) is 15.5. The molecule has 0 aromatic rings. The highest BCUT2D eigenvalue weighted by Gasteiger charge is 2.78. The van der Waals surface area contributed by atoms with Gasteiger partial charge in [-0.25, -0.2) is 0 Å². The van der Waals surface area contributed by atoms with Gasteiger partial charge in [-0.1, -0.05) is 0 Å². The highest BCUT2D eigenvalue weighted by atomic mass is 19.4. The number of allylic oxidation sites excluding steroid dienone is 2. The van der Waals surface area contributed by atoms with E-state index in [4.69, 9.17) is 0 Å². The molecule has 0 saturated carbocycles. The second-order valence-electron chi connectivity index (χ2n) is 4.46. The van der Waals surface area contributed by atoms with Crippen molar-refractivity contribution in [2.45, 2.75) is 42.7 Å². The molecule has 1 nitrogen and oxygen atoms in total. The third-order valence-corrected chi connectivity index (χ3v) is 2.39. The van der Waals surface area contributed by atoms with E-state index in [-0.39, 0.29) is 0 Å². The van der Waals surface area contributed by atoms with Gasteiger partial charge in [-0.2, -0.15) is 79.0 Å². The number of hydrogen-bond donors (Lipinski definition) is 0. The summed E-state index contributed by atoms with van der Waals surface area (Å²) >= 11 is 0. The van der Waals surface area contributed by atoms with Crippen molar-refractivity contribution in [2.75, 3.05) is 0 Å². The molecule has 168 valence electrons. The number of rotatable bonds is 4. The molecule has 0 amide bonds. The molecular weight excluding hydrogens is 466 g/mol. The Morgan fingerprint density at radius 1 is 0.464 bits per heavy atom. The molecular formula is C9F18O. The van der Waals surface area contributed by atoms with Crippen LogP contribution >= 0.6 is 0 Å². The molecule has 0 aromatic carbocycles. The van der Waals surface area contributed by atoms with Crippen LogP contribution in [0.15, 0.2) is 11.3 Å². The summed E-state index contributed by atoms with van der Waals surface area (Å²) in [7, 11) is 0. The van der Waals surface area contributed by atoms with Crippen LogP contribution in [0, 0.1) is 0 Å². The Kier molecular flexibility index (Phi) is 6.26. The van der Waals surface area contributed by atoms with E-state index in [1.54, 1.807) is 0 Å². The van der Waals surface area contributed by atoms with Gasteiger partial charge in [0.25, 0.3) is 0 Å². The van der Waals surface area contributed by atoms with Crippen LogP contribution in [0.4, 0.5) is 79.0 Å². The van der Waals surface area contributed by atoms with Gasteiger partial charge in [-0.3, -0.25) is 0 Å². The maximum absolute atomic E-state index is 13.0. The fourth-order valence-electron chi connectivity index (χ4n) is 1.18. The Morgan fingerprint density at radius 3 is 1.00 bits per heavy atom. The quantitative estimate of drug-likeness (QED) is 0.346. The maximum atomic E-state index is 13.0. The summed E-state index contributed by atoms with van der Waals surface area (Å²) in [4.78, 5) is 0. The average Bonchev–Trinajstić information content (AvgIpc) is 2.30. The van der Waals surface area contributed by atoms with E-state index in [1.165, 1.54) is 4.74 Å². The summed E-state index contributed by atoms with van der Waals surface area (Å²) in [6, 6.07) is 0. The van der Waals surface area contributed by atoms with Crippen LogP contribution < -0.4 is 0 Å². The molecule has 0 radical (unpaired) electrons. The van der Waals surface area contributed by atoms with E-state index >= 15 is 0 Å². The van der Waals surface area contributed by atoms with Crippen LogP contribution in [0.25, 0.3) is 0 Å². The Morgan fingerprint density at radius 2 is 0.786 bits per heavy atom. The summed E-state index contributed by atoms with van der Waals surface area (Å²) < 4.78 is 223. The summed E-state index contributed by atoms with van der Waals surface area (Å²) in [5, 5.41) is 0. The van der Waals surface area contributed by atoms with Gasteiger partial charge >= 0.3 is 42.7 Å². The number of hydrogen-bond acceptors (Lipinski definition) is 1. The van der Waals surface area contributed by atoms with Crippen molar-refractivity contribution < 1.29 is 83.8 Å². The topological polar surface area (TPSA) is 9.23 Å². The zero-order chi connectivity index (χ0) is 23.4. The molecule has 0 aromatic heterocycles. The Hall–Kier alpha value is -1.72. The third kappa shape index (κ3) is 4.81. The molecule has 0 aliphatic heterocycles. The minimum Gasteiger partial charge on any atom is -0.425 e. The fraction of sp³-hybridized carbons (Fsp3) is 0.778. The van der Waals surface area contributed by atoms with Gasteiger partial charge in [0.05, 0.1) is 0 Å². The third-order valence-electron chi connectivity index (χ3n) is 2.39. The molecule has 0 bridgehead atoms. The van der Waals surface area contributed by atoms with Crippen LogP contribution in [0.5, 0.6) is 0 Å². The summed E-state index contributed by atoms with van der Waals surface area (Å²) in [6.07, 6.45) is -37.8. The number of halogens is 18. The van der Waals surface area contributed by atoms with Crippen molar-refractivity contribution in [2.24, 2.45) is 0 Å². The molecule has 0 aliphatic rings. The Balaban J connectivity index is 7.09. The van der Waals surface area contributed by atoms with Gasteiger partial charge in [-0.05, 0) is 0 Å². The molecule has 0 heterocycles. The molecule has 0 saturated heterocycles. The second kappa shape index (κ2) is 6.67. The minimum absolute atomic E-state index is 1.50. The first kappa shape index (κ1) is 26.3. The summed E-state index contributed by atoms with van der Waals surface area (Å²) in [6.45, 7) is 0. The summed E-state index contributed by atoms with van der Waals surface area (Å²) in [5.41, 5.74) is -5.22. The van der Waals surface area contributed by atoms with E-state index in [1.807, 2.05) is 0 Å². The smallest absolute Gasteiger partial charge is 0.425 e. The molecule has 19 heteroatoms. The van der Waals surface area contributed by atoms with Crippen molar-refractivity contribution in [1.82, 2.24) is 0 Å². The lowest BCUT2D eigenvalue weighted by atomic mass is 10.1. The second-order valence-corrected chi connectivity index (χ2v) is 4.46. The highest BCUT2D eigenvalue weighted by Crippen LogP contribution is 2.54. The molecule has 0 aliphatic carbocycles. The van der Waals surface area contributed by atoms with Gasteiger partial charge in [-0.15, -0.1) is 0 Å². The van der Waals surface area contributed by atoms with E-state index in [9.17, 15) is 79.0 Å². The van der Waals surface area contributed by atoms with Crippen molar-refractivity contribution in [1.29, 1.82) is 0 Å².